The number of rotatable bonds is 0. The van der Waals surface area contributed by atoms with Crippen molar-refractivity contribution in [2.75, 3.05) is 19.6 Å². The van der Waals surface area contributed by atoms with Crippen molar-refractivity contribution < 1.29 is 0 Å². The summed E-state index contributed by atoms with van der Waals surface area (Å²) in [7, 11) is 0. The monoisotopic (exact) mass is 124 g/mol. The lowest BCUT2D eigenvalue weighted by Gasteiger charge is -2.17. The fourth-order valence-corrected chi connectivity index (χ4v) is 1.55. The molecule has 2 N–H and O–H groups in total. The average Bonchev–Trinajstić information content (AvgIpc) is 2.33. The van der Waals surface area contributed by atoms with Gasteiger partial charge in [-0.2, -0.15) is 0 Å². The first-order valence-corrected chi connectivity index (χ1v) is 3.60. The second-order valence-electron chi connectivity index (χ2n) is 2.71. The highest BCUT2D eigenvalue weighted by Crippen LogP contribution is 2.11. The van der Waals surface area contributed by atoms with E-state index in [4.69, 9.17) is 0 Å². The Labute approximate surface area is 55.3 Å². The SMILES string of the molecule is C1=C2CNC[C@@H]2NCC1. The van der Waals surface area contributed by atoms with Crippen LogP contribution in [0.25, 0.3) is 0 Å². The van der Waals surface area contributed by atoms with Crippen LogP contribution in [0.15, 0.2) is 11.6 Å². The molecular weight excluding hydrogens is 112 g/mol. The number of nitrogens with one attached hydrogen (secondary N) is 2. The average molecular weight is 124 g/mol. The summed E-state index contributed by atoms with van der Waals surface area (Å²) in [6.07, 6.45) is 3.58. The van der Waals surface area contributed by atoms with Crippen molar-refractivity contribution in [1.82, 2.24) is 10.6 Å². The van der Waals surface area contributed by atoms with Crippen LogP contribution in [0.2, 0.25) is 0 Å². The standard InChI is InChI=1S/C7H12N2/c1-2-6-4-8-5-7(6)9-3-1/h2,7-9H,1,3-5H2/t7-/m0/s1. The molecule has 0 aliphatic carbocycles. The zero-order valence-corrected chi connectivity index (χ0v) is 5.48. The molecular formula is C7H12N2. The maximum Gasteiger partial charge on any atom is 0.0418 e. The topological polar surface area (TPSA) is 24.1 Å². The molecule has 1 fully saturated rings. The molecule has 0 aromatic carbocycles. The molecule has 0 bridgehead atoms. The van der Waals surface area contributed by atoms with Crippen LogP contribution in [0.5, 0.6) is 0 Å². The molecule has 0 aromatic rings. The van der Waals surface area contributed by atoms with Crippen molar-refractivity contribution >= 4 is 0 Å². The molecule has 0 aromatic heterocycles. The van der Waals surface area contributed by atoms with Gasteiger partial charge >= 0.3 is 0 Å². The van der Waals surface area contributed by atoms with Gasteiger partial charge in [0.25, 0.3) is 0 Å². The molecule has 50 valence electrons. The largest absolute Gasteiger partial charge is 0.311 e. The Bertz CT molecular complexity index is 140. The minimum Gasteiger partial charge on any atom is -0.311 e. The molecule has 2 rings (SSSR count). The van der Waals surface area contributed by atoms with Crippen LogP contribution in [0.3, 0.4) is 0 Å². The third kappa shape index (κ3) is 0.884. The van der Waals surface area contributed by atoms with E-state index < -0.39 is 0 Å². The Morgan fingerprint density at radius 2 is 2.56 bits per heavy atom. The lowest BCUT2D eigenvalue weighted by Crippen LogP contribution is -2.35. The molecule has 2 aliphatic heterocycles. The fraction of sp³-hybridized carbons (Fsp3) is 0.714. The molecule has 0 spiro atoms. The first kappa shape index (κ1) is 5.45. The van der Waals surface area contributed by atoms with Crippen LogP contribution in [0.4, 0.5) is 0 Å². The predicted molar refractivity (Wildman–Crippen MR) is 37.4 cm³/mol. The highest BCUT2D eigenvalue weighted by molar-refractivity contribution is 5.20. The highest BCUT2D eigenvalue weighted by atomic mass is 15.0. The predicted octanol–water partition coefficient (Wildman–Crippen LogP) is -0.122. The Kier molecular flexibility index (Phi) is 1.28. The van der Waals surface area contributed by atoms with Crippen molar-refractivity contribution in [3.63, 3.8) is 0 Å². The van der Waals surface area contributed by atoms with Crippen LogP contribution in [0.1, 0.15) is 6.42 Å². The Hall–Kier alpha value is -0.340. The van der Waals surface area contributed by atoms with Crippen molar-refractivity contribution in [2.24, 2.45) is 0 Å². The van der Waals surface area contributed by atoms with Crippen LogP contribution in [-0.2, 0) is 0 Å². The third-order valence-corrected chi connectivity index (χ3v) is 2.07. The van der Waals surface area contributed by atoms with E-state index in [0.29, 0.717) is 6.04 Å². The summed E-state index contributed by atoms with van der Waals surface area (Å²) >= 11 is 0. The van der Waals surface area contributed by atoms with Crippen LogP contribution in [-0.4, -0.2) is 25.7 Å². The van der Waals surface area contributed by atoms with E-state index >= 15 is 0 Å². The molecule has 0 radical (unpaired) electrons. The first-order chi connectivity index (χ1) is 4.47. The van der Waals surface area contributed by atoms with Gasteiger partial charge in [-0.1, -0.05) is 6.08 Å². The molecule has 1 atom stereocenters. The zero-order chi connectivity index (χ0) is 6.10. The second-order valence-corrected chi connectivity index (χ2v) is 2.71. The third-order valence-electron chi connectivity index (χ3n) is 2.07. The van der Waals surface area contributed by atoms with Crippen molar-refractivity contribution in [3.05, 3.63) is 11.6 Å². The molecule has 2 nitrogen and oxygen atoms in total. The number of hydrogen-bond acceptors (Lipinski definition) is 2. The van der Waals surface area contributed by atoms with Crippen molar-refractivity contribution in [3.8, 4) is 0 Å². The lowest BCUT2D eigenvalue weighted by molar-refractivity contribution is 0.579. The maximum atomic E-state index is 3.45. The summed E-state index contributed by atoms with van der Waals surface area (Å²) < 4.78 is 0. The molecule has 0 saturated carbocycles. The van der Waals surface area contributed by atoms with E-state index in [2.05, 4.69) is 16.7 Å². The molecule has 0 amide bonds. The molecule has 1 saturated heterocycles. The van der Waals surface area contributed by atoms with Gasteiger partial charge in [0.05, 0.1) is 0 Å². The van der Waals surface area contributed by atoms with Crippen molar-refractivity contribution in [1.29, 1.82) is 0 Å². The van der Waals surface area contributed by atoms with Gasteiger partial charge in [0.1, 0.15) is 0 Å². The number of hydrogen-bond donors (Lipinski definition) is 2. The van der Waals surface area contributed by atoms with E-state index in [9.17, 15) is 0 Å². The van der Waals surface area contributed by atoms with Crippen molar-refractivity contribution in [2.45, 2.75) is 12.5 Å². The van der Waals surface area contributed by atoms with E-state index in [0.717, 1.165) is 19.6 Å². The summed E-state index contributed by atoms with van der Waals surface area (Å²) in [6.45, 7) is 3.40. The quantitative estimate of drug-likeness (QED) is 0.440. The van der Waals surface area contributed by atoms with Gasteiger partial charge in [-0.15, -0.1) is 0 Å². The first-order valence-electron chi connectivity index (χ1n) is 3.60. The lowest BCUT2D eigenvalue weighted by atomic mass is 10.1. The molecule has 9 heavy (non-hydrogen) atoms. The normalized spacial score (nSPS) is 33.8. The van der Waals surface area contributed by atoms with E-state index in [1.54, 1.807) is 5.57 Å². The minimum absolute atomic E-state index is 0.666. The van der Waals surface area contributed by atoms with Crippen LogP contribution >= 0.6 is 0 Å². The summed E-state index contributed by atoms with van der Waals surface area (Å²) in [6, 6.07) is 0.666. The minimum atomic E-state index is 0.666. The molecule has 2 heterocycles. The van der Waals surface area contributed by atoms with E-state index in [1.165, 1.54) is 6.42 Å². The Balaban J connectivity index is 2.16. The highest BCUT2D eigenvalue weighted by Gasteiger charge is 2.20. The van der Waals surface area contributed by atoms with Gasteiger partial charge in [0, 0.05) is 19.1 Å². The zero-order valence-electron chi connectivity index (χ0n) is 5.48. The number of fused-ring (bicyclic) bond motifs is 1. The smallest absolute Gasteiger partial charge is 0.0418 e. The van der Waals surface area contributed by atoms with Crippen LogP contribution < -0.4 is 10.6 Å². The van der Waals surface area contributed by atoms with E-state index in [1.807, 2.05) is 0 Å². The van der Waals surface area contributed by atoms with Gasteiger partial charge in [-0.05, 0) is 18.5 Å². The fourth-order valence-electron chi connectivity index (χ4n) is 1.55. The Morgan fingerprint density at radius 1 is 1.56 bits per heavy atom. The summed E-state index contributed by atoms with van der Waals surface area (Å²) in [5, 5.41) is 6.78. The van der Waals surface area contributed by atoms with Gasteiger partial charge in [0.2, 0.25) is 0 Å². The summed E-state index contributed by atoms with van der Waals surface area (Å²) in [5.74, 6) is 0. The molecule has 2 heteroatoms. The van der Waals surface area contributed by atoms with Gasteiger partial charge in [-0.3, -0.25) is 0 Å². The molecule has 2 aliphatic rings. The van der Waals surface area contributed by atoms with E-state index in [-0.39, 0.29) is 0 Å². The molecule has 0 unspecified atom stereocenters. The van der Waals surface area contributed by atoms with Gasteiger partial charge in [0.15, 0.2) is 0 Å². The van der Waals surface area contributed by atoms with Crippen LogP contribution in [0, 0.1) is 0 Å². The second kappa shape index (κ2) is 2.12. The Morgan fingerprint density at radius 3 is 3.44 bits per heavy atom. The van der Waals surface area contributed by atoms with Gasteiger partial charge < -0.3 is 10.6 Å². The maximum absolute atomic E-state index is 3.45. The summed E-state index contributed by atoms with van der Waals surface area (Å²) in [4.78, 5) is 0. The van der Waals surface area contributed by atoms with Gasteiger partial charge in [-0.25, -0.2) is 0 Å². The summed E-state index contributed by atoms with van der Waals surface area (Å²) in [5.41, 5.74) is 1.57.